The van der Waals surface area contributed by atoms with Crippen molar-refractivity contribution < 1.29 is 4.79 Å². The van der Waals surface area contributed by atoms with Gasteiger partial charge < -0.3 is 0 Å². The highest BCUT2D eigenvalue weighted by Crippen LogP contribution is 2.25. The van der Waals surface area contributed by atoms with Gasteiger partial charge in [0.25, 0.3) is 0 Å². The molecule has 1 nitrogen and oxygen atoms in total. The molecule has 0 aromatic carbocycles. The normalized spacial score (nSPS) is 26.8. The van der Waals surface area contributed by atoms with Gasteiger partial charge in [-0.25, -0.2) is 0 Å². The van der Waals surface area contributed by atoms with Gasteiger partial charge in [0.05, 0.1) is 5.25 Å². The molecule has 1 fully saturated rings. The summed E-state index contributed by atoms with van der Waals surface area (Å²) in [6.45, 7) is 3.94. The van der Waals surface area contributed by atoms with Crippen LogP contribution in [0.5, 0.6) is 0 Å². The van der Waals surface area contributed by atoms with E-state index in [1.165, 1.54) is 5.57 Å². The molecule has 0 spiro atoms. The lowest BCUT2D eigenvalue weighted by molar-refractivity contribution is -0.118. The van der Waals surface area contributed by atoms with E-state index in [2.05, 4.69) is 6.58 Å². The number of ketones is 1. The Hall–Kier alpha value is -0.240. The molecule has 0 radical (unpaired) electrons. The standard InChI is InChI=1S/C9H14OS/c1-7-4-3-5-8(10)9(6-7)11-2/h9H,1,3-6H2,2H3. The average Bonchev–Trinajstić information content (AvgIpc) is 2.13. The molecule has 1 saturated carbocycles. The van der Waals surface area contributed by atoms with Gasteiger partial charge in [0.2, 0.25) is 0 Å². The van der Waals surface area contributed by atoms with Gasteiger partial charge >= 0.3 is 0 Å². The minimum absolute atomic E-state index is 0.199. The molecule has 1 rings (SSSR count). The Bertz CT molecular complexity index is 174. The predicted molar refractivity (Wildman–Crippen MR) is 49.9 cm³/mol. The third-order valence-electron chi connectivity index (χ3n) is 2.07. The topological polar surface area (TPSA) is 17.1 Å². The molecule has 0 aliphatic heterocycles. The van der Waals surface area contributed by atoms with Gasteiger partial charge in [-0.15, -0.1) is 0 Å². The van der Waals surface area contributed by atoms with E-state index in [9.17, 15) is 4.79 Å². The predicted octanol–water partition coefficient (Wildman–Crippen LogP) is 2.42. The van der Waals surface area contributed by atoms with E-state index < -0.39 is 0 Å². The number of carbonyl (C=O) groups is 1. The summed E-state index contributed by atoms with van der Waals surface area (Å²) in [5.74, 6) is 0.413. The third-order valence-corrected chi connectivity index (χ3v) is 3.07. The maximum atomic E-state index is 11.3. The van der Waals surface area contributed by atoms with Crippen molar-refractivity contribution in [1.82, 2.24) is 0 Å². The fourth-order valence-corrected chi connectivity index (χ4v) is 2.15. The minimum Gasteiger partial charge on any atom is -0.298 e. The second-order valence-electron chi connectivity index (χ2n) is 3.00. The van der Waals surface area contributed by atoms with E-state index in [4.69, 9.17) is 0 Å². The Balaban J connectivity index is 2.59. The number of hydrogen-bond acceptors (Lipinski definition) is 2. The number of allylic oxidation sites excluding steroid dienone is 1. The molecule has 0 N–H and O–H groups in total. The summed E-state index contributed by atoms with van der Waals surface area (Å²) < 4.78 is 0. The van der Waals surface area contributed by atoms with Crippen LogP contribution < -0.4 is 0 Å². The Morgan fingerprint density at radius 3 is 2.91 bits per heavy atom. The summed E-state index contributed by atoms with van der Waals surface area (Å²) in [5, 5.41) is 0.199. The Kier molecular flexibility index (Phi) is 3.18. The molecule has 62 valence electrons. The molecule has 1 aliphatic carbocycles. The van der Waals surface area contributed by atoms with Crippen molar-refractivity contribution in [3.05, 3.63) is 12.2 Å². The van der Waals surface area contributed by atoms with Gasteiger partial charge in [-0.2, -0.15) is 11.8 Å². The Morgan fingerprint density at radius 1 is 1.55 bits per heavy atom. The fourth-order valence-electron chi connectivity index (χ4n) is 1.37. The molecule has 1 aliphatic rings. The Labute approximate surface area is 72.2 Å². The van der Waals surface area contributed by atoms with Gasteiger partial charge in [0.1, 0.15) is 5.78 Å². The average molecular weight is 170 g/mol. The smallest absolute Gasteiger partial charge is 0.146 e. The van der Waals surface area contributed by atoms with Crippen LogP contribution in [0.1, 0.15) is 25.7 Å². The molecule has 0 heterocycles. The molecular weight excluding hydrogens is 156 g/mol. The van der Waals surface area contributed by atoms with Crippen LogP contribution in [-0.2, 0) is 4.79 Å². The van der Waals surface area contributed by atoms with Crippen molar-refractivity contribution in [2.75, 3.05) is 6.26 Å². The number of thioether (sulfide) groups is 1. The van der Waals surface area contributed by atoms with Crippen LogP contribution in [0.15, 0.2) is 12.2 Å². The van der Waals surface area contributed by atoms with Gasteiger partial charge in [0, 0.05) is 6.42 Å². The molecule has 0 bridgehead atoms. The van der Waals surface area contributed by atoms with Crippen LogP contribution in [0.3, 0.4) is 0 Å². The van der Waals surface area contributed by atoms with Crippen molar-refractivity contribution in [2.24, 2.45) is 0 Å². The number of Topliss-reactive ketones (excluding diaryl/α,β-unsaturated/α-hetero) is 1. The zero-order valence-electron chi connectivity index (χ0n) is 6.93. The summed E-state index contributed by atoms with van der Waals surface area (Å²) in [4.78, 5) is 11.3. The fraction of sp³-hybridized carbons (Fsp3) is 0.667. The van der Waals surface area contributed by atoms with E-state index >= 15 is 0 Å². The summed E-state index contributed by atoms with van der Waals surface area (Å²) in [7, 11) is 0. The monoisotopic (exact) mass is 170 g/mol. The first kappa shape index (κ1) is 8.85. The van der Waals surface area contributed by atoms with Crippen LogP contribution in [0.25, 0.3) is 0 Å². The molecule has 0 saturated heterocycles. The lowest BCUT2D eigenvalue weighted by atomic mass is 10.1. The zero-order chi connectivity index (χ0) is 8.27. The quantitative estimate of drug-likeness (QED) is 0.444. The SMILES string of the molecule is C=C1CCCC(=O)C(SC)C1. The van der Waals surface area contributed by atoms with E-state index in [0.29, 0.717) is 5.78 Å². The second-order valence-corrected chi connectivity index (χ2v) is 4.04. The highest BCUT2D eigenvalue weighted by molar-refractivity contribution is 7.99. The molecule has 11 heavy (non-hydrogen) atoms. The largest absolute Gasteiger partial charge is 0.298 e. The van der Waals surface area contributed by atoms with E-state index in [0.717, 1.165) is 25.7 Å². The van der Waals surface area contributed by atoms with Gasteiger partial charge in [-0.05, 0) is 25.5 Å². The van der Waals surface area contributed by atoms with Gasteiger partial charge in [0.15, 0.2) is 0 Å². The van der Waals surface area contributed by atoms with E-state index in [1.807, 2.05) is 6.26 Å². The Morgan fingerprint density at radius 2 is 2.27 bits per heavy atom. The van der Waals surface area contributed by atoms with Crippen LogP contribution in [-0.4, -0.2) is 17.3 Å². The van der Waals surface area contributed by atoms with Crippen LogP contribution >= 0.6 is 11.8 Å². The molecule has 0 aromatic heterocycles. The van der Waals surface area contributed by atoms with Gasteiger partial charge in [-0.1, -0.05) is 12.2 Å². The van der Waals surface area contributed by atoms with Crippen molar-refractivity contribution >= 4 is 17.5 Å². The summed E-state index contributed by atoms with van der Waals surface area (Å²) >= 11 is 1.66. The zero-order valence-corrected chi connectivity index (χ0v) is 7.75. The van der Waals surface area contributed by atoms with Crippen LogP contribution in [0.2, 0.25) is 0 Å². The van der Waals surface area contributed by atoms with Crippen LogP contribution in [0, 0.1) is 0 Å². The first-order valence-electron chi connectivity index (χ1n) is 3.96. The van der Waals surface area contributed by atoms with Crippen molar-refractivity contribution in [3.63, 3.8) is 0 Å². The molecule has 2 heteroatoms. The summed E-state index contributed by atoms with van der Waals surface area (Å²) in [6, 6.07) is 0. The van der Waals surface area contributed by atoms with Crippen molar-refractivity contribution in [2.45, 2.75) is 30.9 Å². The first-order valence-corrected chi connectivity index (χ1v) is 5.25. The van der Waals surface area contributed by atoms with Gasteiger partial charge in [-0.3, -0.25) is 4.79 Å². The second kappa shape index (κ2) is 3.96. The number of carbonyl (C=O) groups excluding carboxylic acids is 1. The molecule has 0 aromatic rings. The number of rotatable bonds is 1. The van der Waals surface area contributed by atoms with E-state index in [-0.39, 0.29) is 5.25 Å². The van der Waals surface area contributed by atoms with E-state index in [1.54, 1.807) is 11.8 Å². The highest BCUT2D eigenvalue weighted by Gasteiger charge is 2.20. The lowest BCUT2D eigenvalue weighted by Gasteiger charge is -2.08. The third kappa shape index (κ3) is 2.37. The van der Waals surface area contributed by atoms with Crippen molar-refractivity contribution in [3.8, 4) is 0 Å². The summed E-state index contributed by atoms with van der Waals surface area (Å²) in [5.41, 5.74) is 1.25. The lowest BCUT2D eigenvalue weighted by Crippen LogP contribution is -2.14. The summed E-state index contributed by atoms with van der Waals surface area (Å²) in [6.07, 6.45) is 5.71. The molecule has 1 atom stereocenters. The maximum absolute atomic E-state index is 11.3. The first-order chi connectivity index (χ1) is 5.24. The molecule has 0 amide bonds. The maximum Gasteiger partial charge on any atom is 0.146 e. The number of hydrogen-bond donors (Lipinski definition) is 0. The van der Waals surface area contributed by atoms with Crippen LogP contribution in [0.4, 0.5) is 0 Å². The van der Waals surface area contributed by atoms with Crippen molar-refractivity contribution in [1.29, 1.82) is 0 Å². The molecule has 1 unspecified atom stereocenters. The highest BCUT2D eigenvalue weighted by atomic mass is 32.2. The minimum atomic E-state index is 0.199. The molecular formula is C9H14OS.